The molecule has 0 aliphatic heterocycles. The van der Waals surface area contributed by atoms with E-state index in [2.05, 4.69) is 21.2 Å². The monoisotopic (exact) mass is 685 g/mol. The fraction of sp³-hybridized carbons (Fsp3) is 0.394. The lowest BCUT2D eigenvalue weighted by atomic mass is 10.1. The van der Waals surface area contributed by atoms with E-state index in [4.69, 9.17) is 9.47 Å². The molecule has 44 heavy (non-hydrogen) atoms. The molecule has 0 radical (unpaired) electrons. The summed E-state index contributed by atoms with van der Waals surface area (Å²) in [6, 6.07) is 19.4. The van der Waals surface area contributed by atoms with Gasteiger partial charge in [-0.25, -0.2) is 8.42 Å². The van der Waals surface area contributed by atoms with Crippen LogP contribution in [0.4, 0.5) is 5.69 Å². The van der Waals surface area contributed by atoms with E-state index in [0.29, 0.717) is 30.2 Å². The molecule has 0 aromatic heterocycles. The molecule has 0 unspecified atom stereocenters. The van der Waals surface area contributed by atoms with Crippen LogP contribution in [0.2, 0.25) is 0 Å². The topological polar surface area (TPSA) is 105 Å². The summed E-state index contributed by atoms with van der Waals surface area (Å²) in [5.74, 6) is 0.521. The second-order valence-corrected chi connectivity index (χ2v) is 13.5. The highest BCUT2D eigenvalue weighted by Gasteiger charge is 2.34. The average molecular weight is 687 g/mol. The molecule has 4 rings (SSSR count). The quantitative estimate of drug-likeness (QED) is 0.226. The van der Waals surface area contributed by atoms with Gasteiger partial charge in [0.2, 0.25) is 11.8 Å². The van der Waals surface area contributed by atoms with Gasteiger partial charge in [-0.05, 0) is 92.4 Å². The predicted octanol–water partition coefficient (Wildman–Crippen LogP) is 5.92. The maximum absolute atomic E-state index is 14.3. The van der Waals surface area contributed by atoms with Crippen LogP contribution < -0.4 is 19.1 Å². The van der Waals surface area contributed by atoms with Gasteiger partial charge in [-0.1, -0.05) is 47.8 Å². The van der Waals surface area contributed by atoms with Gasteiger partial charge in [-0.2, -0.15) is 0 Å². The fourth-order valence-corrected chi connectivity index (χ4v) is 7.03. The maximum Gasteiger partial charge on any atom is 0.264 e. The number of hydrogen-bond acceptors (Lipinski definition) is 6. The summed E-state index contributed by atoms with van der Waals surface area (Å²) in [6.45, 7) is 3.79. The summed E-state index contributed by atoms with van der Waals surface area (Å²) in [4.78, 5) is 29.4. The van der Waals surface area contributed by atoms with Crippen molar-refractivity contribution in [2.24, 2.45) is 0 Å². The van der Waals surface area contributed by atoms with E-state index in [1.54, 1.807) is 55.6 Å². The molecule has 3 aromatic rings. The number of nitrogens with one attached hydrogen (secondary N) is 1. The standard InChI is InChI=1S/C33H40BrN3O6S/c1-4-31(33(39)35-26-8-6-7-9-26)36(22-24-10-16-28(42-3)17-11-24)32(38)23-37(27-14-18-29(19-15-27)43-5-2)44(40,41)30-20-12-25(34)13-21-30/h10-21,26,31H,4-9,22-23H2,1-3H3,(H,35,39)/t31-/m0/s1. The molecule has 0 saturated heterocycles. The Balaban J connectivity index is 1.71. The smallest absolute Gasteiger partial charge is 0.264 e. The number of carbonyl (C=O) groups excluding carboxylic acids is 2. The molecule has 1 atom stereocenters. The summed E-state index contributed by atoms with van der Waals surface area (Å²) in [5.41, 5.74) is 1.09. The molecule has 11 heteroatoms. The first-order chi connectivity index (χ1) is 21.2. The summed E-state index contributed by atoms with van der Waals surface area (Å²) in [6.07, 6.45) is 4.29. The molecule has 1 fully saturated rings. The Morgan fingerprint density at radius 2 is 1.55 bits per heavy atom. The van der Waals surface area contributed by atoms with Gasteiger partial charge in [0.15, 0.2) is 0 Å². The van der Waals surface area contributed by atoms with E-state index in [-0.39, 0.29) is 23.4 Å². The number of methoxy groups -OCH3 is 1. The van der Waals surface area contributed by atoms with E-state index >= 15 is 0 Å². The SMILES string of the molecule is CCOc1ccc(N(CC(=O)N(Cc2ccc(OC)cc2)[C@@H](CC)C(=O)NC2CCCC2)S(=O)(=O)c2ccc(Br)cc2)cc1. The minimum absolute atomic E-state index is 0.0371. The number of sulfonamides is 1. The van der Waals surface area contributed by atoms with Crippen molar-refractivity contribution >= 4 is 43.5 Å². The van der Waals surface area contributed by atoms with Gasteiger partial charge in [0, 0.05) is 17.1 Å². The molecule has 3 aromatic carbocycles. The minimum atomic E-state index is -4.17. The molecular weight excluding hydrogens is 646 g/mol. The number of rotatable bonds is 14. The number of carbonyl (C=O) groups is 2. The van der Waals surface area contributed by atoms with E-state index in [1.165, 1.54) is 17.0 Å². The number of ether oxygens (including phenoxy) is 2. The molecule has 0 heterocycles. The van der Waals surface area contributed by atoms with Crippen molar-refractivity contribution in [3.8, 4) is 11.5 Å². The van der Waals surface area contributed by atoms with Gasteiger partial charge in [0.1, 0.15) is 24.1 Å². The van der Waals surface area contributed by atoms with Gasteiger partial charge in [0.05, 0.1) is 24.3 Å². The fourth-order valence-electron chi connectivity index (χ4n) is 5.35. The van der Waals surface area contributed by atoms with E-state index in [0.717, 1.165) is 40.0 Å². The normalized spacial score (nSPS) is 14.1. The number of hydrogen-bond donors (Lipinski definition) is 1. The summed E-state index contributed by atoms with van der Waals surface area (Å²) < 4.78 is 40.8. The number of halogens is 1. The summed E-state index contributed by atoms with van der Waals surface area (Å²) in [5, 5.41) is 3.13. The minimum Gasteiger partial charge on any atom is -0.497 e. The van der Waals surface area contributed by atoms with Crippen molar-refractivity contribution in [2.75, 3.05) is 24.6 Å². The first-order valence-corrected chi connectivity index (χ1v) is 17.1. The lowest BCUT2D eigenvalue weighted by Gasteiger charge is -2.33. The zero-order valence-corrected chi connectivity index (χ0v) is 27.8. The summed E-state index contributed by atoms with van der Waals surface area (Å²) >= 11 is 3.36. The molecule has 1 aliphatic carbocycles. The van der Waals surface area contributed by atoms with Crippen LogP contribution in [0.25, 0.3) is 0 Å². The van der Waals surface area contributed by atoms with Crippen LogP contribution in [0, 0.1) is 0 Å². The highest BCUT2D eigenvalue weighted by molar-refractivity contribution is 9.10. The third-order valence-corrected chi connectivity index (χ3v) is 10.0. The second kappa shape index (κ2) is 15.4. The highest BCUT2D eigenvalue weighted by Crippen LogP contribution is 2.28. The van der Waals surface area contributed by atoms with E-state index in [9.17, 15) is 18.0 Å². The third-order valence-electron chi connectivity index (χ3n) is 7.72. The first kappa shape index (κ1) is 33.3. The number of nitrogens with zero attached hydrogens (tertiary/aromatic N) is 2. The van der Waals surface area contributed by atoms with Crippen LogP contribution in [0.5, 0.6) is 11.5 Å². The van der Waals surface area contributed by atoms with Gasteiger partial charge in [-0.15, -0.1) is 0 Å². The largest absolute Gasteiger partial charge is 0.497 e. The lowest BCUT2D eigenvalue weighted by Crippen LogP contribution is -2.53. The highest BCUT2D eigenvalue weighted by atomic mass is 79.9. The number of anilines is 1. The van der Waals surface area contributed by atoms with Crippen LogP contribution in [0.1, 0.15) is 51.5 Å². The Labute approximate surface area is 268 Å². The molecule has 2 amide bonds. The van der Waals surface area contributed by atoms with E-state index < -0.39 is 28.5 Å². The number of amides is 2. The molecule has 9 nitrogen and oxygen atoms in total. The Kier molecular flexibility index (Phi) is 11.7. The zero-order chi connectivity index (χ0) is 31.7. The van der Waals surface area contributed by atoms with Crippen LogP contribution in [0.3, 0.4) is 0 Å². The van der Waals surface area contributed by atoms with Gasteiger partial charge >= 0.3 is 0 Å². The Morgan fingerprint density at radius 1 is 0.932 bits per heavy atom. The Bertz CT molecular complexity index is 1490. The third kappa shape index (κ3) is 8.32. The van der Waals surface area contributed by atoms with Crippen LogP contribution in [-0.2, 0) is 26.2 Å². The molecule has 0 spiro atoms. The Hall–Kier alpha value is -3.57. The molecule has 1 N–H and O–H groups in total. The van der Waals surface area contributed by atoms with Crippen molar-refractivity contribution in [3.63, 3.8) is 0 Å². The van der Waals surface area contributed by atoms with Crippen molar-refractivity contribution in [1.82, 2.24) is 10.2 Å². The zero-order valence-electron chi connectivity index (χ0n) is 25.4. The van der Waals surface area contributed by atoms with E-state index in [1.807, 2.05) is 26.0 Å². The van der Waals surface area contributed by atoms with Crippen molar-refractivity contribution in [1.29, 1.82) is 0 Å². The van der Waals surface area contributed by atoms with Crippen LogP contribution in [0.15, 0.2) is 82.2 Å². The van der Waals surface area contributed by atoms with Crippen molar-refractivity contribution < 1.29 is 27.5 Å². The van der Waals surface area contributed by atoms with Gasteiger partial charge in [-0.3, -0.25) is 13.9 Å². The molecular formula is C33H40BrN3O6S. The average Bonchev–Trinajstić information content (AvgIpc) is 3.54. The van der Waals surface area contributed by atoms with Crippen molar-refractivity contribution in [3.05, 3.63) is 82.8 Å². The van der Waals surface area contributed by atoms with Crippen molar-refractivity contribution in [2.45, 2.75) is 69.5 Å². The summed E-state index contributed by atoms with van der Waals surface area (Å²) in [7, 11) is -2.59. The van der Waals surface area contributed by atoms with Gasteiger partial charge in [0.25, 0.3) is 10.0 Å². The molecule has 1 saturated carbocycles. The predicted molar refractivity (Wildman–Crippen MR) is 174 cm³/mol. The number of benzene rings is 3. The van der Waals surface area contributed by atoms with Crippen LogP contribution in [-0.4, -0.2) is 57.5 Å². The first-order valence-electron chi connectivity index (χ1n) is 14.9. The maximum atomic E-state index is 14.3. The molecule has 236 valence electrons. The van der Waals surface area contributed by atoms with Gasteiger partial charge < -0.3 is 19.7 Å². The lowest BCUT2D eigenvalue weighted by molar-refractivity contribution is -0.140. The molecule has 1 aliphatic rings. The van der Waals surface area contributed by atoms with Crippen LogP contribution >= 0.6 is 15.9 Å². The Morgan fingerprint density at radius 3 is 2.11 bits per heavy atom. The second-order valence-electron chi connectivity index (χ2n) is 10.7. The molecule has 0 bridgehead atoms.